The Morgan fingerprint density at radius 2 is 1.63 bits per heavy atom. The van der Waals surface area contributed by atoms with Crippen molar-refractivity contribution in [1.29, 1.82) is 0 Å². The van der Waals surface area contributed by atoms with E-state index in [0.717, 1.165) is 19.1 Å². The first-order chi connectivity index (χ1) is 19.7. The largest absolute Gasteiger partial charge is 0.459 e. The maximum atomic E-state index is 14.2. The lowest BCUT2D eigenvalue weighted by molar-refractivity contribution is -0.394. The monoisotopic (exact) mass is 604 g/mol. The molecule has 0 bridgehead atoms. The zero-order valence-electron chi connectivity index (χ0n) is 24.8. The molecule has 3 aliphatic rings. The molecule has 14 heteroatoms. The lowest BCUT2D eigenvalue weighted by Crippen LogP contribution is -2.83. The summed E-state index contributed by atoms with van der Waals surface area (Å²) in [6, 6.07) is 2.38. The van der Waals surface area contributed by atoms with Crippen molar-refractivity contribution in [1.82, 2.24) is 0 Å². The number of aliphatic hydroxyl groups excluding tert-OH is 1. The van der Waals surface area contributed by atoms with Gasteiger partial charge in [-0.15, -0.1) is 6.58 Å². The summed E-state index contributed by atoms with van der Waals surface area (Å²) in [6.45, 7) is 12.9. The molecule has 3 fully saturated rings. The number of ether oxygens (including phenoxy) is 3. The Bertz CT molecular complexity index is 1390. The molecular formula is C29H36N2O12. The number of hydrogen-bond acceptors (Lipinski definition) is 12. The van der Waals surface area contributed by atoms with E-state index in [1.54, 1.807) is 13.8 Å². The number of hydrogen-bond donors (Lipinski definition) is 2. The van der Waals surface area contributed by atoms with Crippen LogP contribution in [0.5, 0.6) is 0 Å². The van der Waals surface area contributed by atoms with Gasteiger partial charge in [0.1, 0.15) is 23.9 Å². The Labute approximate surface area is 247 Å². The van der Waals surface area contributed by atoms with Gasteiger partial charge in [-0.25, -0.2) is 4.79 Å². The van der Waals surface area contributed by atoms with Crippen LogP contribution in [0.4, 0.5) is 11.4 Å². The molecule has 14 nitrogen and oxygen atoms in total. The first-order valence-corrected chi connectivity index (χ1v) is 13.8. The van der Waals surface area contributed by atoms with Crippen LogP contribution in [0.15, 0.2) is 30.9 Å². The van der Waals surface area contributed by atoms with Gasteiger partial charge in [0.05, 0.1) is 32.5 Å². The summed E-state index contributed by atoms with van der Waals surface area (Å²) >= 11 is 0. The molecule has 0 unspecified atom stereocenters. The average molecular weight is 605 g/mol. The van der Waals surface area contributed by atoms with Gasteiger partial charge >= 0.3 is 11.9 Å². The van der Waals surface area contributed by atoms with E-state index < -0.39 is 96.4 Å². The molecule has 1 aromatic carbocycles. The van der Waals surface area contributed by atoms with Crippen LogP contribution in [-0.2, 0) is 23.8 Å². The third-order valence-electron chi connectivity index (χ3n) is 9.73. The summed E-state index contributed by atoms with van der Waals surface area (Å²) in [7, 11) is 0. The SMILES string of the molecule is C=C[C@@]1(C)CC(=O)[C@]2(O1)[C@@]1(C)[C@@H](OC(=O)c3cc([N+](=O)[O-])cc([N+](=O)[O-])c3)CCC(C)(C)[C@@H]1[C@H](OC(C)=O)[C@H](O)[C@@]2(C)O. The second-order valence-electron chi connectivity index (χ2n) is 13.0. The zero-order chi connectivity index (χ0) is 32.5. The molecule has 2 N–H and O–H groups in total. The number of rotatable bonds is 6. The van der Waals surface area contributed by atoms with Crippen molar-refractivity contribution in [3.63, 3.8) is 0 Å². The lowest BCUT2D eigenvalue weighted by atomic mass is 9.40. The molecule has 0 aromatic heterocycles. The highest BCUT2D eigenvalue weighted by Crippen LogP contribution is 2.68. The van der Waals surface area contributed by atoms with Gasteiger partial charge < -0.3 is 24.4 Å². The number of ketones is 1. The number of esters is 2. The Balaban J connectivity index is 1.95. The Morgan fingerprint density at radius 1 is 1.07 bits per heavy atom. The van der Waals surface area contributed by atoms with Crippen molar-refractivity contribution in [3.8, 4) is 0 Å². The second kappa shape index (κ2) is 10.2. The van der Waals surface area contributed by atoms with Crippen LogP contribution in [0.3, 0.4) is 0 Å². The molecule has 1 saturated heterocycles. The van der Waals surface area contributed by atoms with Crippen LogP contribution >= 0.6 is 0 Å². The summed E-state index contributed by atoms with van der Waals surface area (Å²) in [5.74, 6) is -3.45. The summed E-state index contributed by atoms with van der Waals surface area (Å²) in [5, 5.41) is 46.6. The van der Waals surface area contributed by atoms with Crippen LogP contribution in [-0.4, -0.2) is 72.9 Å². The molecule has 43 heavy (non-hydrogen) atoms. The van der Waals surface area contributed by atoms with Gasteiger partial charge in [0.15, 0.2) is 11.4 Å². The van der Waals surface area contributed by atoms with Crippen molar-refractivity contribution in [3.05, 3.63) is 56.6 Å². The second-order valence-corrected chi connectivity index (χ2v) is 13.0. The van der Waals surface area contributed by atoms with Crippen molar-refractivity contribution < 1.29 is 48.7 Å². The molecule has 1 heterocycles. The van der Waals surface area contributed by atoms with Gasteiger partial charge in [0.2, 0.25) is 0 Å². The van der Waals surface area contributed by atoms with Crippen molar-refractivity contribution in [2.75, 3.05) is 0 Å². The van der Waals surface area contributed by atoms with Gasteiger partial charge in [-0.1, -0.05) is 26.8 Å². The fourth-order valence-corrected chi connectivity index (χ4v) is 7.88. The van der Waals surface area contributed by atoms with Gasteiger partial charge in [0, 0.05) is 31.4 Å². The number of benzene rings is 1. The molecule has 2 saturated carbocycles. The number of aliphatic hydroxyl groups is 2. The van der Waals surface area contributed by atoms with Crippen LogP contribution in [0.2, 0.25) is 0 Å². The maximum absolute atomic E-state index is 14.2. The molecule has 1 aliphatic heterocycles. The van der Waals surface area contributed by atoms with E-state index in [1.807, 2.05) is 13.8 Å². The van der Waals surface area contributed by atoms with Crippen molar-refractivity contribution in [2.45, 2.75) is 95.9 Å². The van der Waals surface area contributed by atoms with E-state index >= 15 is 0 Å². The molecule has 0 amide bonds. The third kappa shape index (κ3) is 4.62. The number of carbonyl (C=O) groups excluding carboxylic acids is 3. The first kappa shape index (κ1) is 32.2. The smallest absolute Gasteiger partial charge is 0.338 e. The van der Waals surface area contributed by atoms with Crippen molar-refractivity contribution >= 4 is 29.1 Å². The topological polar surface area (TPSA) is 206 Å². The van der Waals surface area contributed by atoms with E-state index in [-0.39, 0.29) is 12.8 Å². The normalized spacial score (nSPS) is 38.2. The fourth-order valence-electron chi connectivity index (χ4n) is 7.88. The summed E-state index contributed by atoms with van der Waals surface area (Å²) in [4.78, 5) is 61.2. The van der Waals surface area contributed by atoms with E-state index in [2.05, 4.69) is 6.58 Å². The van der Waals surface area contributed by atoms with E-state index in [1.165, 1.54) is 13.0 Å². The summed E-state index contributed by atoms with van der Waals surface area (Å²) < 4.78 is 18.1. The summed E-state index contributed by atoms with van der Waals surface area (Å²) in [5.41, 5.74) is -10.3. The number of nitrogens with zero attached hydrogens (tertiary/aromatic N) is 2. The highest BCUT2D eigenvalue weighted by molar-refractivity contribution is 5.94. The molecule has 1 spiro atoms. The minimum absolute atomic E-state index is 0.102. The van der Waals surface area contributed by atoms with Gasteiger partial charge in [-0.05, 0) is 32.1 Å². The van der Waals surface area contributed by atoms with Gasteiger partial charge in [0.25, 0.3) is 11.4 Å². The first-order valence-electron chi connectivity index (χ1n) is 13.8. The number of nitro groups is 2. The quantitative estimate of drug-likeness (QED) is 0.208. The Kier molecular flexibility index (Phi) is 7.61. The Morgan fingerprint density at radius 3 is 2.09 bits per heavy atom. The fraction of sp³-hybridized carbons (Fsp3) is 0.621. The van der Waals surface area contributed by atoms with Gasteiger partial charge in [-0.3, -0.25) is 29.8 Å². The molecule has 2 aliphatic carbocycles. The van der Waals surface area contributed by atoms with Crippen LogP contribution in [0.25, 0.3) is 0 Å². The number of nitro benzene ring substituents is 2. The maximum Gasteiger partial charge on any atom is 0.338 e. The predicted molar refractivity (Wildman–Crippen MR) is 148 cm³/mol. The number of Topliss-reactive ketones (excluding diaryl/α,β-unsaturated/α-hetero) is 1. The molecule has 8 atom stereocenters. The summed E-state index contributed by atoms with van der Waals surface area (Å²) in [6.07, 6.45) is -2.84. The molecule has 0 radical (unpaired) electrons. The minimum Gasteiger partial charge on any atom is -0.459 e. The van der Waals surface area contributed by atoms with E-state index in [4.69, 9.17) is 14.2 Å². The molecule has 1 aromatic rings. The van der Waals surface area contributed by atoms with Crippen molar-refractivity contribution in [2.24, 2.45) is 16.7 Å². The number of carbonyl (C=O) groups is 3. The molecule has 4 rings (SSSR count). The van der Waals surface area contributed by atoms with E-state index in [9.17, 15) is 44.8 Å². The highest BCUT2D eigenvalue weighted by Gasteiger charge is 2.82. The lowest BCUT2D eigenvalue weighted by Gasteiger charge is -2.68. The molecular weight excluding hydrogens is 568 g/mol. The van der Waals surface area contributed by atoms with Crippen LogP contribution in [0.1, 0.15) is 71.2 Å². The Hall–Kier alpha value is -3.75. The molecule has 234 valence electrons. The standard InChI is InChI=1S/C29H36N2O12/c1-8-26(5)14-19(33)29(43-26)27(6)20(42-24(35)16-11-17(30(37)38)13-18(12-16)31(39)40)9-10-25(3,4)22(27)21(41-15(2)32)23(34)28(29,7)36/h8,11-13,20-23,34,36H,1,9-10,14H2,2-7H3/t20-,21-,22-,23-,26-,27-,28+,29-/m0/s1. The van der Waals surface area contributed by atoms with Crippen LogP contribution in [0, 0.1) is 37.0 Å². The highest BCUT2D eigenvalue weighted by atomic mass is 16.6. The zero-order valence-corrected chi connectivity index (χ0v) is 24.8. The van der Waals surface area contributed by atoms with E-state index in [0.29, 0.717) is 12.5 Å². The number of non-ortho nitro benzene ring substituents is 2. The third-order valence-corrected chi connectivity index (χ3v) is 9.73. The van der Waals surface area contributed by atoms with Gasteiger partial charge in [-0.2, -0.15) is 0 Å². The number of fused-ring (bicyclic) bond motifs is 2. The minimum atomic E-state index is -2.39. The van der Waals surface area contributed by atoms with Crippen LogP contribution < -0.4 is 0 Å². The average Bonchev–Trinajstić information content (AvgIpc) is 3.20. The predicted octanol–water partition coefficient (Wildman–Crippen LogP) is 3.20.